The summed E-state index contributed by atoms with van der Waals surface area (Å²) in [5.74, 6) is 0.353. The van der Waals surface area contributed by atoms with Gasteiger partial charge in [-0.15, -0.1) is 0 Å². The van der Waals surface area contributed by atoms with E-state index >= 15 is 0 Å². The van der Waals surface area contributed by atoms with Crippen LogP contribution in [0.25, 0.3) is 0 Å². The average Bonchev–Trinajstić information content (AvgIpc) is 2.45. The Morgan fingerprint density at radius 1 is 1.27 bits per heavy atom. The largest absolute Gasteiger partial charge is 0.444 e. The Labute approximate surface area is 129 Å². The van der Waals surface area contributed by atoms with Crippen molar-refractivity contribution in [2.24, 2.45) is 11.1 Å². The van der Waals surface area contributed by atoms with Crippen molar-refractivity contribution < 1.29 is 9.53 Å². The van der Waals surface area contributed by atoms with E-state index in [9.17, 15) is 10.1 Å². The number of nitrogens with zero attached hydrogens (tertiary/aromatic N) is 1. The summed E-state index contributed by atoms with van der Waals surface area (Å²) < 4.78 is 5.65. The van der Waals surface area contributed by atoms with Crippen LogP contribution in [0.5, 0.6) is 0 Å². The van der Waals surface area contributed by atoms with Gasteiger partial charge in [0, 0.05) is 18.4 Å². The van der Waals surface area contributed by atoms with Crippen molar-refractivity contribution in [2.45, 2.75) is 32.6 Å². The third kappa shape index (κ3) is 2.29. The SMILES string of the molecule is CC1(C)CC(=O)C2=C(C1)OC(N)=C(C#N)[C@@H]2c1ccccc1. The first kappa shape index (κ1) is 14.4. The molecular formula is C18H18N2O2. The molecule has 0 saturated heterocycles. The Morgan fingerprint density at radius 3 is 2.59 bits per heavy atom. The van der Waals surface area contributed by atoms with Crippen molar-refractivity contribution >= 4 is 5.78 Å². The molecule has 4 heteroatoms. The predicted molar refractivity (Wildman–Crippen MR) is 82.1 cm³/mol. The first-order chi connectivity index (χ1) is 10.4. The highest BCUT2D eigenvalue weighted by atomic mass is 16.5. The van der Waals surface area contributed by atoms with Crippen LogP contribution in [0.15, 0.2) is 53.1 Å². The number of hydrogen-bond donors (Lipinski definition) is 1. The van der Waals surface area contributed by atoms with Gasteiger partial charge in [0.1, 0.15) is 17.4 Å². The first-order valence-electron chi connectivity index (χ1n) is 7.32. The van der Waals surface area contributed by atoms with Gasteiger partial charge in [-0.05, 0) is 11.0 Å². The van der Waals surface area contributed by atoms with Crippen molar-refractivity contribution in [3.05, 3.63) is 58.7 Å². The number of benzene rings is 1. The van der Waals surface area contributed by atoms with E-state index < -0.39 is 5.92 Å². The fourth-order valence-corrected chi connectivity index (χ4v) is 3.26. The summed E-state index contributed by atoms with van der Waals surface area (Å²) in [6, 6.07) is 11.6. The van der Waals surface area contributed by atoms with Crippen LogP contribution >= 0.6 is 0 Å². The number of carbonyl (C=O) groups is 1. The molecule has 1 aromatic rings. The minimum Gasteiger partial charge on any atom is -0.444 e. The number of nitrogens with two attached hydrogens (primary N) is 1. The molecule has 0 aromatic heterocycles. The van der Waals surface area contributed by atoms with Crippen molar-refractivity contribution in [1.29, 1.82) is 5.26 Å². The van der Waals surface area contributed by atoms with E-state index in [1.54, 1.807) is 0 Å². The molecule has 2 aliphatic rings. The normalized spacial score (nSPS) is 23.7. The van der Waals surface area contributed by atoms with Gasteiger partial charge in [0.15, 0.2) is 5.78 Å². The topological polar surface area (TPSA) is 76.1 Å². The number of hydrogen-bond acceptors (Lipinski definition) is 4. The molecule has 0 fully saturated rings. The van der Waals surface area contributed by atoms with Gasteiger partial charge in [0.25, 0.3) is 0 Å². The molecule has 1 aliphatic heterocycles. The smallest absolute Gasteiger partial charge is 0.205 e. The Balaban J connectivity index is 2.18. The average molecular weight is 294 g/mol. The highest BCUT2D eigenvalue weighted by molar-refractivity contribution is 6.00. The van der Waals surface area contributed by atoms with Crippen LogP contribution in [0, 0.1) is 16.7 Å². The zero-order valence-corrected chi connectivity index (χ0v) is 12.7. The van der Waals surface area contributed by atoms with Crippen LogP contribution < -0.4 is 5.73 Å². The molecular weight excluding hydrogens is 276 g/mol. The Morgan fingerprint density at radius 2 is 1.95 bits per heavy atom. The van der Waals surface area contributed by atoms with Gasteiger partial charge in [0.05, 0.1) is 5.92 Å². The monoisotopic (exact) mass is 294 g/mol. The number of ether oxygens (including phenoxy) is 1. The molecule has 0 bridgehead atoms. The van der Waals surface area contributed by atoms with E-state index in [2.05, 4.69) is 6.07 Å². The quantitative estimate of drug-likeness (QED) is 0.863. The molecule has 1 aliphatic carbocycles. The van der Waals surface area contributed by atoms with Crippen LogP contribution in [-0.2, 0) is 9.53 Å². The lowest BCUT2D eigenvalue weighted by atomic mass is 9.70. The van der Waals surface area contributed by atoms with Crippen molar-refractivity contribution in [1.82, 2.24) is 0 Å². The number of ketones is 1. The second kappa shape index (κ2) is 5.03. The van der Waals surface area contributed by atoms with E-state index in [-0.39, 0.29) is 17.1 Å². The van der Waals surface area contributed by atoms with Crippen LogP contribution in [0.1, 0.15) is 38.2 Å². The second-order valence-corrected chi connectivity index (χ2v) is 6.61. The molecule has 1 aromatic carbocycles. The lowest BCUT2D eigenvalue weighted by Crippen LogP contribution is -2.33. The van der Waals surface area contributed by atoms with Crippen molar-refractivity contribution in [2.75, 3.05) is 0 Å². The lowest BCUT2D eigenvalue weighted by molar-refractivity contribution is -0.119. The third-order valence-electron chi connectivity index (χ3n) is 4.21. The summed E-state index contributed by atoms with van der Waals surface area (Å²) in [6.07, 6.45) is 1.11. The lowest BCUT2D eigenvalue weighted by Gasteiger charge is -2.37. The summed E-state index contributed by atoms with van der Waals surface area (Å²) in [5, 5.41) is 9.47. The number of Topliss-reactive ketones (excluding diaryl/α,β-unsaturated/α-hetero) is 1. The molecule has 22 heavy (non-hydrogen) atoms. The Hall–Kier alpha value is -2.54. The number of allylic oxidation sites excluding steroid dienone is 3. The Bertz CT molecular complexity index is 736. The van der Waals surface area contributed by atoms with Crippen LogP contribution in [-0.4, -0.2) is 5.78 Å². The van der Waals surface area contributed by atoms with Crippen LogP contribution in [0.4, 0.5) is 0 Å². The fourth-order valence-electron chi connectivity index (χ4n) is 3.26. The molecule has 3 rings (SSSR count). The molecule has 0 spiro atoms. The molecule has 0 unspecified atom stereocenters. The van der Waals surface area contributed by atoms with Crippen molar-refractivity contribution in [3.8, 4) is 6.07 Å². The highest BCUT2D eigenvalue weighted by Gasteiger charge is 2.42. The standard InChI is InChI=1S/C18H18N2O2/c1-18(2)8-13(21)16-14(9-18)22-17(20)12(10-19)15(16)11-6-4-3-5-7-11/h3-7,15H,8-9,20H2,1-2H3/t15-/m0/s1. The van der Waals surface area contributed by atoms with Gasteiger partial charge in [-0.2, -0.15) is 5.26 Å². The molecule has 112 valence electrons. The predicted octanol–water partition coefficient (Wildman–Crippen LogP) is 3.14. The van der Waals surface area contributed by atoms with E-state index in [0.29, 0.717) is 29.7 Å². The number of nitriles is 1. The summed E-state index contributed by atoms with van der Waals surface area (Å²) in [4.78, 5) is 12.7. The van der Waals surface area contributed by atoms with Gasteiger partial charge in [-0.1, -0.05) is 44.2 Å². The van der Waals surface area contributed by atoms with E-state index in [0.717, 1.165) is 5.56 Å². The minimum absolute atomic E-state index is 0.0420. The number of carbonyl (C=O) groups excluding carboxylic acids is 1. The van der Waals surface area contributed by atoms with E-state index in [1.807, 2.05) is 44.2 Å². The zero-order valence-electron chi connectivity index (χ0n) is 12.7. The first-order valence-corrected chi connectivity index (χ1v) is 7.32. The Kier molecular flexibility index (Phi) is 3.29. The van der Waals surface area contributed by atoms with Gasteiger partial charge >= 0.3 is 0 Å². The van der Waals surface area contributed by atoms with Crippen LogP contribution in [0.2, 0.25) is 0 Å². The van der Waals surface area contributed by atoms with Gasteiger partial charge in [-0.3, -0.25) is 4.79 Å². The molecule has 0 radical (unpaired) electrons. The molecule has 1 heterocycles. The maximum absolute atomic E-state index is 12.7. The van der Waals surface area contributed by atoms with Crippen molar-refractivity contribution in [3.63, 3.8) is 0 Å². The minimum atomic E-state index is -0.418. The molecule has 1 atom stereocenters. The molecule has 0 saturated carbocycles. The maximum atomic E-state index is 12.7. The molecule has 2 N–H and O–H groups in total. The summed E-state index contributed by atoms with van der Waals surface area (Å²) in [5.41, 5.74) is 7.60. The highest BCUT2D eigenvalue weighted by Crippen LogP contribution is 2.47. The second-order valence-electron chi connectivity index (χ2n) is 6.61. The third-order valence-corrected chi connectivity index (χ3v) is 4.21. The van der Waals surface area contributed by atoms with Gasteiger partial charge < -0.3 is 10.5 Å². The molecule has 0 amide bonds. The molecule has 4 nitrogen and oxygen atoms in total. The van der Waals surface area contributed by atoms with E-state index in [1.165, 1.54) is 0 Å². The number of rotatable bonds is 1. The summed E-state index contributed by atoms with van der Waals surface area (Å²) in [6.45, 7) is 4.07. The van der Waals surface area contributed by atoms with Crippen LogP contribution in [0.3, 0.4) is 0 Å². The fraction of sp³-hybridized carbons (Fsp3) is 0.333. The zero-order chi connectivity index (χ0) is 15.9. The summed E-state index contributed by atoms with van der Waals surface area (Å²) in [7, 11) is 0. The maximum Gasteiger partial charge on any atom is 0.205 e. The summed E-state index contributed by atoms with van der Waals surface area (Å²) >= 11 is 0. The van der Waals surface area contributed by atoms with Gasteiger partial charge in [-0.25, -0.2) is 0 Å². The van der Waals surface area contributed by atoms with E-state index in [4.69, 9.17) is 10.5 Å². The van der Waals surface area contributed by atoms with Gasteiger partial charge in [0.2, 0.25) is 5.88 Å².